The zero-order valence-electron chi connectivity index (χ0n) is 9.05. The van der Waals surface area contributed by atoms with Gasteiger partial charge < -0.3 is 5.73 Å². The molecule has 0 fully saturated rings. The molecule has 1 aromatic carbocycles. The molecule has 0 saturated carbocycles. The van der Waals surface area contributed by atoms with Gasteiger partial charge in [-0.3, -0.25) is 0 Å². The van der Waals surface area contributed by atoms with Crippen LogP contribution in [0.4, 0.5) is 4.39 Å². The standard InChI is InChI=1S/C12H18FN/c1-8(2)7-12(14)10-5-4-6-11(13)9(10)3/h4-6,8,12H,7,14H2,1-3H3/t12-/m1/s1. The average molecular weight is 195 g/mol. The lowest BCUT2D eigenvalue weighted by Crippen LogP contribution is -2.14. The second kappa shape index (κ2) is 4.56. The first-order valence-corrected chi connectivity index (χ1v) is 5.03. The van der Waals surface area contributed by atoms with E-state index in [0.717, 1.165) is 12.0 Å². The summed E-state index contributed by atoms with van der Waals surface area (Å²) in [6, 6.07) is 5.05. The van der Waals surface area contributed by atoms with Gasteiger partial charge in [0.15, 0.2) is 0 Å². The number of hydrogen-bond donors (Lipinski definition) is 1. The smallest absolute Gasteiger partial charge is 0.126 e. The molecule has 78 valence electrons. The molecule has 0 radical (unpaired) electrons. The highest BCUT2D eigenvalue weighted by molar-refractivity contribution is 5.29. The van der Waals surface area contributed by atoms with Crippen molar-refractivity contribution < 1.29 is 4.39 Å². The van der Waals surface area contributed by atoms with Gasteiger partial charge in [0.25, 0.3) is 0 Å². The van der Waals surface area contributed by atoms with Gasteiger partial charge in [-0.15, -0.1) is 0 Å². The minimum atomic E-state index is -0.165. The van der Waals surface area contributed by atoms with Crippen molar-refractivity contribution in [1.29, 1.82) is 0 Å². The van der Waals surface area contributed by atoms with Crippen LogP contribution in [0.15, 0.2) is 18.2 Å². The van der Waals surface area contributed by atoms with Crippen LogP contribution in [0.1, 0.15) is 37.4 Å². The molecule has 0 amide bonds. The molecule has 1 aromatic rings. The first kappa shape index (κ1) is 11.2. The molecule has 0 spiro atoms. The van der Waals surface area contributed by atoms with E-state index in [4.69, 9.17) is 5.73 Å². The maximum absolute atomic E-state index is 13.2. The van der Waals surface area contributed by atoms with Crippen LogP contribution in [-0.2, 0) is 0 Å². The van der Waals surface area contributed by atoms with E-state index in [9.17, 15) is 4.39 Å². The Morgan fingerprint density at radius 1 is 1.36 bits per heavy atom. The van der Waals surface area contributed by atoms with Gasteiger partial charge >= 0.3 is 0 Å². The minimum Gasteiger partial charge on any atom is -0.324 e. The molecule has 14 heavy (non-hydrogen) atoms. The van der Waals surface area contributed by atoms with Crippen molar-refractivity contribution in [2.24, 2.45) is 11.7 Å². The molecule has 0 heterocycles. The van der Waals surface area contributed by atoms with Crippen LogP contribution in [0, 0.1) is 18.7 Å². The molecule has 0 aliphatic heterocycles. The molecule has 0 saturated heterocycles. The Morgan fingerprint density at radius 2 is 2.00 bits per heavy atom. The lowest BCUT2D eigenvalue weighted by atomic mass is 9.94. The molecular weight excluding hydrogens is 177 g/mol. The lowest BCUT2D eigenvalue weighted by molar-refractivity contribution is 0.504. The fraction of sp³-hybridized carbons (Fsp3) is 0.500. The van der Waals surface area contributed by atoms with E-state index in [-0.39, 0.29) is 11.9 Å². The average Bonchev–Trinajstić information content (AvgIpc) is 2.08. The number of nitrogens with two attached hydrogens (primary N) is 1. The van der Waals surface area contributed by atoms with E-state index >= 15 is 0 Å². The van der Waals surface area contributed by atoms with Crippen molar-refractivity contribution in [3.8, 4) is 0 Å². The third-order valence-corrected chi connectivity index (χ3v) is 2.43. The lowest BCUT2D eigenvalue weighted by Gasteiger charge is -2.16. The highest BCUT2D eigenvalue weighted by Gasteiger charge is 2.12. The molecule has 2 N–H and O–H groups in total. The second-order valence-electron chi connectivity index (χ2n) is 4.19. The third-order valence-electron chi connectivity index (χ3n) is 2.43. The van der Waals surface area contributed by atoms with Gasteiger partial charge in [0.05, 0.1) is 0 Å². The predicted molar refractivity (Wildman–Crippen MR) is 57.5 cm³/mol. The Bertz CT molecular complexity index is 307. The highest BCUT2D eigenvalue weighted by atomic mass is 19.1. The van der Waals surface area contributed by atoms with E-state index in [1.165, 1.54) is 6.07 Å². The largest absolute Gasteiger partial charge is 0.324 e. The summed E-state index contributed by atoms with van der Waals surface area (Å²) in [5.74, 6) is 0.370. The van der Waals surface area contributed by atoms with Gasteiger partial charge in [-0.05, 0) is 36.5 Å². The van der Waals surface area contributed by atoms with Gasteiger partial charge in [-0.2, -0.15) is 0 Å². The number of halogens is 1. The van der Waals surface area contributed by atoms with Crippen molar-refractivity contribution in [2.45, 2.75) is 33.2 Å². The summed E-state index contributed by atoms with van der Waals surface area (Å²) in [6.07, 6.45) is 0.893. The number of rotatable bonds is 3. The van der Waals surface area contributed by atoms with Crippen LogP contribution in [0.3, 0.4) is 0 Å². The van der Waals surface area contributed by atoms with Gasteiger partial charge in [-0.25, -0.2) is 4.39 Å². The molecule has 0 unspecified atom stereocenters. The molecule has 0 aliphatic rings. The molecule has 1 rings (SSSR count). The maximum Gasteiger partial charge on any atom is 0.126 e. The summed E-state index contributed by atoms with van der Waals surface area (Å²) in [5, 5.41) is 0. The SMILES string of the molecule is Cc1c(F)cccc1[C@H](N)CC(C)C. The first-order valence-electron chi connectivity index (χ1n) is 5.03. The van der Waals surface area contributed by atoms with Gasteiger partial charge in [0.1, 0.15) is 5.82 Å². The Kier molecular flexibility index (Phi) is 3.64. The summed E-state index contributed by atoms with van der Waals surface area (Å²) in [4.78, 5) is 0. The molecule has 0 aromatic heterocycles. The van der Waals surface area contributed by atoms with Crippen LogP contribution in [0.25, 0.3) is 0 Å². The monoisotopic (exact) mass is 195 g/mol. The molecule has 1 atom stereocenters. The Balaban J connectivity index is 2.89. The Hall–Kier alpha value is -0.890. The maximum atomic E-state index is 13.2. The predicted octanol–water partition coefficient (Wildman–Crippen LogP) is 3.18. The molecule has 1 nitrogen and oxygen atoms in total. The highest BCUT2D eigenvalue weighted by Crippen LogP contribution is 2.23. The fourth-order valence-electron chi connectivity index (χ4n) is 1.66. The van der Waals surface area contributed by atoms with Crippen molar-refractivity contribution in [3.63, 3.8) is 0 Å². The quantitative estimate of drug-likeness (QED) is 0.787. The van der Waals surface area contributed by atoms with Crippen LogP contribution < -0.4 is 5.73 Å². The second-order valence-corrected chi connectivity index (χ2v) is 4.19. The zero-order valence-corrected chi connectivity index (χ0v) is 9.05. The first-order chi connectivity index (χ1) is 6.52. The Morgan fingerprint density at radius 3 is 2.57 bits per heavy atom. The van der Waals surface area contributed by atoms with Gasteiger partial charge in [-0.1, -0.05) is 26.0 Å². The van der Waals surface area contributed by atoms with Gasteiger partial charge in [0.2, 0.25) is 0 Å². The molecular formula is C12H18FN. The number of hydrogen-bond acceptors (Lipinski definition) is 1. The Labute approximate surface area is 85.1 Å². The molecule has 2 heteroatoms. The van der Waals surface area contributed by atoms with Crippen molar-refractivity contribution >= 4 is 0 Å². The summed E-state index contributed by atoms with van der Waals surface area (Å²) in [7, 11) is 0. The number of benzene rings is 1. The fourth-order valence-corrected chi connectivity index (χ4v) is 1.66. The summed E-state index contributed by atoms with van der Waals surface area (Å²) < 4.78 is 13.2. The summed E-state index contributed by atoms with van der Waals surface area (Å²) >= 11 is 0. The topological polar surface area (TPSA) is 26.0 Å². The van der Waals surface area contributed by atoms with Crippen LogP contribution >= 0.6 is 0 Å². The van der Waals surface area contributed by atoms with E-state index in [1.54, 1.807) is 13.0 Å². The third kappa shape index (κ3) is 2.55. The van der Waals surface area contributed by atoms with Crippen LogP contribution in [0.5, 0.6) is 0 Å². The van der Waals surface area contributed by atoms with E-state index < -0.39 is 0 Å². The minimum absolute atomic E-state index is 0.0503. The van der Waals surface area contributed by atoms with Crippen molar-refractivity contribution in [1.82, 2.24) is 0 Å². The van der Waals surface area contributed by atoms with Gasteiger partial charge in [0, 0.05) is 6.04 Å². The van der Waals surface area contributed by atoms with Crippen molar-refractivity contribution in [2.75, 3.05) is 0 Å². The van der Waals surface area contributed by atoms with Crippen molar-refractivity contribution in [3.05, 3.63) is 35.1 Å². The van der Waals surface area contributed by atoms with Crippen LogP contribution in [-0.4, -0.2) is 0 Å². The molecule has 0 bridgehead atoms. The normalized spacial score (nSPS) is 13.3. The molecule has 0 aliphatic carbocycles. The van der Waals surface area contributed by atoms with E-state index in [2.05, 4.69) is 13.8 Å². The van der Waals surface area contributed by atoms with E-state index in [0.29, 0.717) is 11.5 Å². The zero-order chi connectivity index (χ0) is 10.7. The van der Waals surface area contributed by atoms with E-state index in [1.807, 2.05) is 6.07 Å². The summed E-state index contributed by atoms with van der Waals surface area (Å²) in [5.41, 5.74) is 7.61. The summed E-state index contributed by atoms with van der Waals surface area (Å²) in [6.45, 7) is 6.02. The van der Waals surface area contributed by atoms with Crippen LogP contribution in [0.2, 0.25) is 0 Å².